The fourth-order valence-corrected chi connectivity index (χ4v) is 4.30. The third kappa shape index (κ3) is 3.56. The Morgan fingerprint density at radius 3 is 1.96 bits per heavy atom. The number of aromatic nitrogens is 2. The number of hydrogen-bond acceptors (Lipinski definition) is 2. The van der Waals surface area contributed by atoms with Gasteiger partial charge >= 0.3 is 5.97 Å². The molecule has 4 nitrogen and oxygen atoms in total. The molecule has 0 saturated heterocycles. The first-order chi connectivity index (χ1) is 13.1. The van der Waals surface area contributed by atoms with Crippen molar-refractivity contribution in [3.8, 4) is 0 Å². The van der Waals surface area contributed by atoms with Gasteiger partial charge in [0.1, 0.15) is 0 Å². The minimum Gasteiger partial charge on any atom is -0.466 e. The van der Waals surface area contributed by atoms with Crippen LogP contribution in [0.4, 0.5) is 0 Å². The van der Waals surface area contributed by atoms with Crippen molar-refractivity contribution in [1.82, 2.24) is 9.97 Å². The summed E-state index contributed by atoms with van der Waals surface area (Å²) in [5.74, 6) is -0.314. The number of nitrogens with one attached hydrogen (secondary N) is 2. The Balaban J connectivity index is 1.89. The molecule has 2 aromatic heterocycles. The monoisotopic (exact) mass is 488 g/mol. The van der Waals surface area contributed by atoms with Gasteiger partial charge in [-0.05, 0) is 54.4 Å². The van der Waals surface area contributed by atoms with Crippen LogP contribution in [0.1, 0.15) is 30.4 Å². The lowest BCUT2D eigenvalue weighted by Gasteiger charge is -2.16. The first kappa shape index (κ1) is 18.3. The highest BCUT2D eigenvalue weighted by molar-refractivity contribution is 9.10. The molecule has 2 aromatic carbocycles. The third-order valence-electron chi connectivity index (χ3n) is 4.78. The Labute approximate surface area is 173 Å². The Kier molecular flexibility index (Phi) is 5.10. The molecule has 2 N–H and O–H groups in total. The number of H-pyrrole nitrogens is 2. The predicted molar refractivity (Wildman–Crippen MR) is 115 cm³/mol. The molecule has 4 aromatic rings. The van der Waals surface area contributed by atoms with Crippen LogP contribution in [-0.2, 0) is 9.53 Å². The van der Waals surface area contributed by atoms with Crippen molar-refractivity contribution in [2.24, 2.45) is 0 Å². The van der Waals surface area contributed by atoms with Crippen LogP contribution < -0.4 is 0 Å². The zero-order valence-electron chi connectivity index (χ0n) is 14.7. The molecule has 0 unspecified atom stereocenters. The van der Waals surface area contributed by atoms with Crippen molar-refractivity contribution >= 4 is 59.6 Å². The highest BCUT2D eigenvalue weighted by Crippen LogP contribution is 2.38. The van der Waals surface area contributed by atoms with E-state index in [9.17, 15) is 4.79 Å². The van der Waals surface area contributed by atoms with Crippen molar-refractivity contribution in [2.75, 3.05) is 6.61 Å². The second kappa shape index (κ2) is 7.52. The summed E-state index contributed by atoms with van der Waals surface area (Å²) in [6, 6.07) is 12.3. The van der Waals surface area contributed by atoms with Crippen LogP contribution in [0.3, 0.4) is 0 Å². The standard InChI is InChI=1S/C21H18Br2N2O2/c1-2-27-21(26)9-14(17-10-24-19-5-3-12(22)7-15(17)19)18-11-25-20-6-4-13(23)8-16(18)20/h3-8,10-11,14,24-25H,2,9H2,1H3. The summed E-state index contributed by atoms with van der Waals surface area (Å²) in [5, 5.41) is 2.20. The molecule has 0 spiro atoms. The average Bonchev–Trinajstić information content (AvgIpc) is 3.23. The van der Waals surface area contributed by atoms with E-state index in [1.54, 1.807) is 0 Å². The van der Waals surface area contributed by atoms with E-state index >= 15 is 0 Å². The van der Waals surface area contributed by atoms with Gasteiger partial charge in [0.2, 0.25) is 0 Å². The SMILES string of the molecule is CCOC(=O)CC(c1c[nH]c2ccc(Br)cc12)c1c[nH]c2ccc(Br)cc12. The molecule has 27 heavy (non-hydrogen) atoms. The van der Waals surface area contributed by atoms with Crippen molar-refractivity contribution in [3.63, 3.8) is 0 Å². The van der Waals surface area contributed by atoms with E-state index in [-0.39, 0.29) is 18.3 Å². The largest absolute Gasteiger partial charge is 0.466 e. The number of ether oxygens (including phenoxy) is 1. The van der Waals surface area contributed by atoms with Gasteiger partial charge in [-0.2, -0.15) is 0 Å². The topological polar surface area (TPSA) is 57.9 Å². The number of halogens is 2. The van der Waals surface area contributed by atoms with Crippen molar-refractivity contribution in [2.45, 2.75) is 19.3 Å². The second-order valence-corrected chi connectivity index (χ2v) is 8.26. The fraction of sp³-hybridized carbons (Fsp3) is 0.190. The lowest BCUT2D eigenvalue weighted by atomic mass is 9.88. The van der Waals surface area contributed by atoms with Gasteiger partial charge in [-0.25, -0.2) is 0 Å². The minimum atomic E-state index is -0.198. The molecule has 0 bridgehead atoms. The molecule has 0 radical (unpaired) electrons. The molecular weight excluding hydrogens is 472 g/mol. The molecule has 0 aliphatic rings. The van der Waals surface area contributed by atoms with E-state index < -0.39 is 0 Å². The summed E-state index contributed by atoms with van der Waals surface area (Å²) in [4.78, 5) is 19.0. The van der Waals surface area contributed by atoms with Crippen LogP contribution in [-0.4, -0.2) is 22.5 Å². The quantitative estimate of drug-likeness (QED) is 0.325. The molecule has 138 valence electrons. The molecule has 0 saturated carbocycles. The number of rotatable bonds is 5. The molecule has 0 fully saturated rings. The summed E-state index contributed by atoms with van der Waals surface area (Å²) >= 11 is 7.11. The van der Waals surface area contributed by atoms with Crippen molar-refractivity contribution < 1.29 is 9.53 Å². The van der Waals surface area contributed by atoms with Gasteiger partial charge in [0.25, 0.3) is 0 Å². The summed E-state index contributed by atoms with van der Waals surface area (Å²) in [6.45, 7) is 2.21. The third-order valence-corrected chi connectivity index (χ3v) is 5.77. The maximum atomic E-state index is 12.4. The molecule has 2 heterocycles. The van der Waals surface area contributed by atoms with Crippen LogP contribution in [0.2, 0.25) is 0 Å². The zero-order chi connectivity index (χ0) is 19.0. The Morgan fingerprint density at radius 2 is 1.48 bits per heavy atom. The lowest BCUT2D eigenvalue weighted by molar-refractivity contribution is -0.143. The van der Waals surface area contributed by atoms with Crippen LogP contribution in [0.15, 0.2) is 57.7 Å². The highest BCUT2D eigenvalue weighted by Gasteiger charge is 2.25. The van der Waals surface area contributed by atoms with E-state index in [2.05, 4.69) is 54.0 Å². The number of fused-ring (bicyclic) bond motifs is 2. The lowest BCUT2D eigenvalue weighted by Crippen LogP contribution is -2.11. The van der Waals surface area contributed by atoms with Crippen LogP contribution >= 0.6 is 31.9 Å². The van der Waals surface area contributed by atoms with Gasteiger partial charge in [0.15, 0.2) is 0 Å². The number of carbonyl (C=O) groups excluding carboxylic acids is 1. The number of benzene rings is 2. The van der Waals surface area contributed by atoms with E-state index in [1.807, 2.05) is 43.6 Å². The number of carbonyl (C=O) groups is 1. The molecule has 0 aliphatic carbocycles. The first-order valence-electron chi connectivity index (χ1n) is 8.75. The highest BCUT2D eigenvalue weighted by atomic mass is 79.9. The zero-order valence-corrected chi connectivity index (χ0v) is 17.9. The Bertz CT molecular complexity index is 1050. The molecule has 0 aliphatic heterocycles. The number of esters is 1. The van der Waals surface area contributed by atoms with Crippen LogP contribution in [0.5, 0.6) is 0 Å². The normalized spacial score (nSPS) is 11.6. The van der Waals surface area contributed by atoms with E-state index in [0.29, 0.717) is 6.61 Å². The molecular formula is C21H18Br2N2O2. The van der Waals surface area contributed by atoms with Crippen molar-refractivity contribution in [1.29, 1.82) is 0 Å². The van der Waals surface area contributed by atoms with Crippen molar-refractivity contribution in [3.05, 3.63) is 68.9 Å². The van der Waals surface area contributed by atoms with E-state index in [4.69, 9.17) is 4.74 Å². The molecule has 0 amide bonds. The Morgan fingerprint density at radius 1 is 0.963 bits per heavy atom. The maximum Gasteiger partial charge on any atom is 0.306 e. The van der Waals surface area contributed by atoms with Gasteiger partial charge in [-0.3, -0.25) is 4.79 Å². The second-order valence-electron chi connectivity index (χ2n) is 6.43. The molecule has 6 heteroatoms. The summed E-state index contributed by atoms with van der Waals surface area (Å²) in [6.07, 6.45) is 4.28. The van der Waals surface area contributed by atoms with Gasteiger partial charge in [-0.1, -0.05) is 31.9 Å². The van der Waals surface area contributed by atoms with Gasteiger partial charge in [0, 0.05) is 49.1 Å². The summed E-state index contributed by atoms with van der Waals surface area (Å²) < 4.78 is 7.28. The van der Waals surface area contributed by atoms with E-state index in [0.717, 1.165) is 41.9 Å². The number of hydrogen-bond donors (Lipinski definition) is 2. The predicted octanol–water partition coefficient (Wildman–Crippen LogP) is 6.26. The van der Waals surface area contributed by atoms with Gasteiger partial charge in [-0.15, -0.1) is 0 Å². The minimum absolute atomic E-state index is 0.116. The maximum absolute atomic E-state index is 12.4. The molecule has 0 atom stereocenters. The Hall–Kier alpha value is -2.05. The average molecular weight is 490 g/mol. The smallest absolute Gasteiger partial charge is 0.306 e. The summed E-state index contributed by atoms with van der Waals surface area (Å²) in [5.41, 5.74) is 4.26. The van der Waals surface area contributed by atoms with Crippen LogP contribution in [0, 0.1) is 0 Å². The van der Waals surface area contributed by atoms with Gasteiger partial charge < -0.3 is 14.7 Å². The van der Waals surface area contributed by atoms with Crippen LogP contribution in [0.25, 0.3) is 21.8 Å². The summed E-state index contributed by atoms with van der Waals surface area (Å²) in [7, 11) is 0. The van der Waals surface area contributed by atoms with Gasteiger partial charge in [0.05, 0.1) is 13.0 Å². The molecule has 4 rings (SSSR count). The number of aromatic amines is 2. The first-order valence-corrected chi connectivity index (χ1v) is 10.3. The van der Waals surface area contributed by atoms with E-state index in [1.165, 1.54) is 0 Å². The fourth-order valence-electron chi connectivity index (χ4n) is 3.58.